The Labute approximate surface area is 176 Å². The summed E-state index contributed by atoms with van der Waals surface area (Å²) in [5.41, 5.74) is 1.95. The molecule has 0 saturated heterocycles. The van der Waals surface area contributed by atoms with Gasteiger partial charge >= 0.3 is 0 Å². The second-order valence-electron chi connectivity index (χ2n) is 7.42. The highest BCUT2D eigenvalue weighted by molar-refractivity contribution is 7.99. The summed E-state index contributed by atoms with van der Waals surface area (Å²) in [6, 6.07) is 19.9. The molecule has 29 heavy (non-hydrogen) atoms. The van der Waals surface area contributed by atoms with Gasteiger partial charge in [-0.15, -0.1) is 10.2 Å². The van der Waals surface area contributed by atoms with E-state index in [2.05, 4.69) is 26.9 Å². The van der Waals surface area contributed by atoms with Gasteiger partial charge < -0.3 is 4.90 Å². The average Bonchev–Trinajstić information content (AvgIpc) is 3.22. The van der Waals surface area contributed by atoms with Crippen molar-refractivity contribution in [2.24, 2.45) is 0 Å². The third-order valence-electron chi connectivity index (χ3n) is 5.49. The van der Waals surface area contributed by atoms with Crippen LogP contribution in [0.5, 0.6) is 0 Å². The van der Waals surface area contributed by atoms with Crippen molar-refractivity contribution in [1.29, 1.82) is 0 Å². The predicted molar refractivity (Wildman–Crippen MR) is 118 cm³/mol. The second-order valence-corrected chi connectivity index (χ2v) is 8.37. The van der Waals surface area contributed by atoms with E-state index in [0.29, 0.717) is 11.7 Å². The molecule has 0 aliphatic heterocycles. The van der Waals surface area contributed by atoms with Crippen molar-refractivity contribution in [1.82, 2.24) is 14.8 Å². The number of aromatic nitrogens is 3. The summed E-state index contributed by atoms with van der Waals surface area (Å²) < 4.78 is 2.15. The number of carbonyl (C=O) groups is 1. The van der Waals surface area contributed by atoms with Crippen LogP contribution in [0.2, 0.25) is 0 Å². The predicted octanol–water partition coefficient (Wildman–Crippen LogP) is 5.07. The van der Waals surface area contributed by atoms with Crippen LogP contribution < -0.4 is 4.90 Å². The van der Waals surface area contributed by atoms with E-state index in [9.17, 15) is 4.79 Å². The summed E-state index contributed by atoms with van der Waals surface area (Å²) in [7, 11) is 1.81. The van der Waals surface area contributed by atoms with Crippen molar-refractivity contribution in [3.8, 4) is 5.69 Å². The van der Waals surface area contributed by atoms with Crippen LogP contribution in [0.1, 0.15) is 43.8 Å². The molecule has 1 aromatic heterocycles. The molecule has 0 bridgehead atoms. The molecule has 0 spiro atoms. The summed E-state index contributed by atoms with van der Waals surface area (Å²) in [6.45, 7) is 0. The molecular weight excluding hydrogens is 380 g/mol. The molecule has 0 unspecified atom stereocenters. The zero-order valence-electron chi connectivity index (χ0n) is 16.7. The topological polar surface area (TPSA) is 51.0 Å². The Morgan fingerprint density at radius 2 is 1.66 bits per heavy atom. The fraction of sp³-hybridized carbons (Fsp3) is 0.348. The van der Waals surface area contributed by atoms with Gasteiger partial charge in [0.25, 0.3) is 0 Å². The van der Waals surface area contributed by atoms with Crippen LogP contribution in [0.15, 0.2) is 65.8 Å². The van der Waals surface area contributed by atoms with Gasteiger partial charge in [0.15, 0.2) is 5.16 Å². The minimum absolute atomic E-state index is 0.0445. The third kappa shape index (κ3) is 4.53. The maximum absolute atomic E-state index is 12.7. The molecule has 0 radical (unpaired) electrons. The van der Waals surface area contributed by atoms with Gasteiger partial charge in [0.2, 0.25) is 5.91 Å². The maximum Gasteiger partial charge on any atom is 0.237 e. The van der Waals surface area contributed by atoms with E-state index in [4.69, 9.17) is 0 Å². The number of nitrogens with zero attached hydrogens (tertiary/aromatic N) is 4. The Kier molecular flexibility index (Phi) is 6.30. The van der Waals surface area contributed by atoms with Gasteiger partial charge in [0.05, 0.1) is 5.75 Å². The Balaban J connectivity index is 1.55. The zero-order valence-corrected chi connectivity index (χ0v) is 17.5. The minimum atomic E-state index is 0.0445. The van der Waals surface area contributed by atoms with Crippen molar-refractivity contribution in [3.05, 3.63) is 66.5 Å². The molecule has 0 atom stereocenters. The van der Waals surface area contributed by atoms with Gasteiger partial charge in [-0.25, -0.2) is 0 Å². The van der Waals surface area contributed by atoms with E-state index in [1.165, 1.54) is 31.0 Å². The molecular formula is C23H26N4OS. The first-order valence-electron chi connectivity index (χ1n) is 10.2. The van der Waals surface area contributed by atoms with Crippen LogP contribution in [0, 0.1) is 0 Å². The van der Waals surface area contributed by atoms with E-state index in [1.54, 1.807) is 4.90 Å². The molecule has 1 fully saturated rings. The number of rotatable bonds is 6. The molecule has 2 aromatic carbocycles. The summed E-state index contributed by atoms with van der Waals surface area (Å²) in [5.74, 6) is 1.83. The maximum atomic E-state index is 12.7. The fourth-order valence-corrected chi connectivity index (χ4v) is 4.71. The number of amides is 1. The highest BCUT2D eigenvalue weighted by atomic mass is 32.2. The standard InChI is InChI=1S/C23H26N4OS/c1-26(19-13-7-3-8-14-19)21(28)17-29-23-25-24-22(18-11-5-2-6-12-18)27(23)20-15-9-4-10-16-20/h3-4,7-10,13-16,18H,2,5-6,11-12,17H2,1H3. The largest absolute Gasteiger partial charge is 0.315 e. The molecule has 3 aromatic rings. The first kappa shape index (κ1) is 19.7. The number of benzene rings is 2. The molecule has 6 heteroatoms. The second kappa shape index (κ2) is 9.27. The van der Waals surface area contributed by atoms with Gasteiger partial charge in [-0.2, -0.15) is 0 Å². The van der Waals surface area contributed by atoms with Crippen LogP contribution >= 0.6 is 11.8 Å². The lowest BCUT2D eigenvalue weighted by molar-refractivity contribution is -0.115. The lowest BCUT2D eigenvalue weighted by Crippen LogP contribution is -2.28. The minimum Gasteiger partial charge on any atom is -0.315 e. The highest BCUT2D eigenvalue weighted by Gasteiger charge is 2.25. The van der Waals surface area contributed by atoms with Crippen LogP contribution in [0.4, 0.5) is 5.69 Å². The zero-order chi connectivity index (χ0) is 20.1. The summed E-state index contributed by atoms with van der Waals surface area (Å²) >= 11 is 1.46. The number of hydrogen-bond acceptors (Lipinski definition) is 4. The van der Waals surface area contributed by atoms with Crippen molar-refractivity contribution >= 4 is 23.4 Å². The van der Waals surface area contributed by atoms with E-state index in [0.717, 1.165) is 35.2 Å². The van der Waals surface area contributed by atoms with Crippen molar-refractivity contribution < 1.29 is 4.79 Å². The number of hydrogen-bond donors (Lipinski definition) is 0. The normalized spacial score (nSPS) is 14.7. The molecule has 1 aliphatic rings. The van der Waals surface area contributed by atoms with E-state index < -0.39 is 0 Å². The monoisotopic (exact) mass is 406 g/mol. The molecule has 1 saturated carbocycles. The Hall–Kier alpha value is -2.60. The van der Waals surface area contributed by atoms with Gasteiger partial charge in [-0.05, 0) is 37.1 Å². The number of carbonyl (C=O) groups excluding carboxylic acids is 1. The quantitative estimate of drug-likeness (QED) is 0.536. The Morgan fingerprint density at radius 3 is 2.34 bits per heavy atom. The molecule has 4 rings (SSSR count). The van der Waals surface area contributed by atoms with Gasteiger partial charge in [-0.1, -0.05) is 67.4 Å². The first-order chi connectivity index (χ1) is 14.2. The molecule has 1 aliphatic carbocycles. The van der Waals surface area contributed by atoms with Crippen molar-refractivity contribution in [2.75, 3.05) is 17.7 Å². The van der Waals surface area contributed by atoms with Crippen LogP contribution in [0.25, 0.3) is 5.69 Å². The lowest BCUT2D eigenvalue weighted by Gasteiger charge is -2.22. The molecule has 5 nitrogen and oxygen atoms in total. The van der Waals surface area contributed by atoms with E-state index in [1.807, 2.05) is 55.6 Å². The van der Waals surface area contributed by atoms with Crippen LogP contribution in [-0.4, -0.2) is 33.5 Å². The third-order valence-corrected chi connectivity index (χ3v) is 6.40. The SMILES string of the molecule is CN(C(=O)CSc1nnc(C2CCCCC2)n1-c1ccccc1)c1ccccc1. The lowest BCUT2D eigenvalue weighted by atomic mass is 9.88. The summed E-state index contributed by atoms with van der Waals surface area (Å²) in [4.78, 5) is 14.4. The van der Waals surface area contributed by atoms with Crippen LogP contribution in [-0.2, 0) is 4.79 Å². The molecule has 0 N–H and O–H groups in total. The number of para-hydroxylation sites is 2. The molecule has 150 valence electrons. The summed E-state index contributed by atoms with van der Waals surface area (Å²) in [6.07, 6.45) is 6.11. The number of thioether (sulfide) groups is 1. The van der Waals surface area contributed by atoms with Gasteiger partial charge in [-0.3, -0.25) is 9.36 Å². The van der Waals surface area contributed by atoms with Gasteiger partial charge in [0.1, 0.15) is 5.82 Å². The van der Waals surface area contributed by atoms with Gasteiger partial charge in [0, 0.05) is 24.3 Å². The van der Waals surface area contributed by atoms with E-state index >= 15 is 0 Å². The molecule has 1 amide bonds. The number of anilines is 1. The van der Waals surface area contributed by atoms with Crippen LogP contribution in [0.3, 0.4) is 0 Å². The Bertz CT molecular complexity index is 936. The van der Waals surface area contributed by atoms with Crippen molar-refractivity contribution in [3.63, 3.8) is 0 Å². The molecule has 1 heterocycles. The highest BCUT2D eigenvalue weighted by Crippen LogP contribution is 2.35. The summed E-state index contributed by atoms with van der Waals surface area (Å²) in [5, 5.41) is 9.83. The smallest absolute Gasteiger partial charge is 0.237 e. The van der Waals surface area contributed by atoms with Crippen molar-refractivity contribution in [2.45, 2.75) is 43.2 Å². The first-order valence-corrected chi connectivity index (χ1v) is 11.2. The fourth-order valence-electron chi connectivity index (χ4n) is 3.84. The van der Waals surface area contributed by atoms with E-state index in [-0.39, 0.29) is 5.91 Å². The average molecular weight is 407 g/mol. The Morgan fingerprint density at radius 1 is 1.00 bits per heavy atom.